The van der Waals surface area contributed by atoms with Gasteiger partial charge in [-0.2, -0.15) is 0 Å². The van der Waals surface area contributed by atoms with E-state index < -0.39 is 0 Å². The number of hydrogen-bond acceptors (Lipinski definition) is 4. The van der Waals surface area contributed by atoms with E-state index in [2.05, 4.69) is 11.8 Å². The van der Waals surface area contributed by atoms with Gasteiger partial charge in [0.15, 0.2) is 11.5 Å². The SMILES string of the molecule is CCN(C(=O)c1cc(OC)c(OC)c(OC)c1)C12CC3CC(CC(C3)C1)C2. The lowest BCUT2D eigenvalue weighted by Crippen LogP contribution is -2.61. The van der Waals surface area contributed by atoms with Crippen LogP contribution in [0.3, 0.4) is 0 Å². The molecule has 1 amide bonds. The van der Waals surface area contributed by atoms with E-state index in [-0.39, 0.29) is 11.4 Å². The zero-order valence-corrected chi connectivity index (χ0v) is 16.9. The molecule has 0 heterocycles. The smallest absolute Gasteiger partial charge is 0.254 e. The Morgan fingerprint density at radius 3 is 1.81 bits per heavy atom. The average molecular weight is 373 g/mol. The summed E-state index contributed by atoms with van der Waals surface area (Å²) < 4.78 is 16.3. The third-order valence-corrected chi connectivity index (χ3v) is 7.05. The molecule has 4 aliphatic carbocycles. The molecular weight excluding hydrogens is 342 g/mol. The number of nitrogens with zero attached hydrogens (tertiary/aromatic N) is 1. The Morgan fingerprint density at radius 1 is 0.963 bits per heavy atom. The van der Waals surface area contributed by atoms with Crippen LogP contribution in [0.2, 0.25) is 0 Å². The third-order valence-electron chi connectivity index (χ3n) is 7.05. The second-order valence-corrected chi connectivity index (χ2v) is 8.61. The van der Waals surface area contributed by atoms with Crippen LogP contribution in [0.4, 0.5) is 0 Å². The van der Waals surface area contributed by atoms with E-state index in [4.69, 9.17) is 14.2 Å². The molecule has 5 heteroatoms. The minimum absolute atomic E-state index is 0.0426. The molecule has 27 heavy (non-hydrogen) atoms. The normalized spacial score (nSPS) is 30.9. The standard InChI is InChI=1S/C22H31NO4/c1-5-23(22-11-14-6-15(12-22)8-16(7-14)13-22)21(24)17-9-18(25-2)20(27-4)19(10-17)26-3/h9-10,14-16H,5-8,11-13H2,1-4H3. The Morgan fingerprint density at radius 2 is 1.44 bits per heavy atom. The highest BCUT2D eigenvalue weighted by Crippen LogP contribution is 2.58. The highest BCUT2D eigenvalue weighted by atomic mass is 16.5. The molecule has 5 rings (SSSR count). The predicted molar refractivity (Wildman–Crippen MR) is 104 cm³/mol. The zero-order valence-electron chi connectivity index (χ0n) is 16.9. The second-order valence-electron chi connectivity index (χ2n) is 8.61. The highest BCUT2D eigenvalue weighted by molar-refractivity contribution is 5.96. The molecule has 0 unspecified atom stereocenters. The van der Waals surface area contributed by atoms with Gasteiger partial charge in [-0.05, 0) is 75.3 Å². The number of ether oxygens (including phenoxy) is 3. The fourth-order valence-corrected chi connectivity index (χ4v) is 6.45. The fourth-order valence-electron chi connectivity index (χ4n) is 6.45. The Hall–Kier alpha value is -1.91. The van der Waals surface area contributed by atoms with E-state index in [9.17, 15) is 4.79 Å². The molecule has 1 aromatic rings. The lowest BCUT2D eigenvalue weighted by atomic mass is 9.52. The van der Waals surface area contributed by atoms with Crippen molar-refractivity contribution < 1.29 is 19.0 Å². The van der Waals surface area contributed by atoms with Crippen molar-refractivity contribution in [2.75, 3.05) is 27.9 Å². The molecule has 0 N–H and O–H groups in total. The van der Waals surface area contributed by atoms with Crippen LogP contribution in [0.5, 0.6) is 17.2 Å². The highest BCUT2D eigenvalue weighted by Gasteiger charge is 2.54. The topological polar surface area (TPSA) is 48.0 Å². The van der Waals surface area contributed by atoms with Crippen LogP contribution in [0, 0.1) is 17.8 Å². The van der Waals surface area contributed by atoms with Crippen LogP contribution in [-0.4, -0.2) is 44.2 Å². The van der Waals surface area contributed by atoms with Crippen LogP contribution in [0.25, 0.3) is 0 Å². The van der Waals surface area contributed by atoms with Gasteiger partial charge in [0.2, 0.25) is 5.75 Å². The van der Waals surface area contributed by atoms with Gasteiger partial charge in [-0.25, -0.2) is 0 Å². The quantitative estimate of drug-likeness (QED) is 0.752. The van der Waals surface area contributed by atoms with Crippen molar-refractivity contribution in [2.45, 2.75) is 51.0 Å². The molecule has 4 saturated carbocycles. The van der Waals surface area contributed by atoms with Gasteiger partial charge in [-0.3, -0.25) is 4.79 Å². The summed E-state index contributed by atoms with van der Waals surface area (Å²) >= 11 is 0. The number of rotatable bonds is 6. The second kappa shape index (κ2) is 6.92. The van der Waals surface area contributed by atoms with Crippen molar-refractivity contribution in [1.29, 1.82) is 0 Å². The van der Waals surface area contributed by atoms with E-state index in [1.165, 1.54) is 38.5 Å². The van der Waals surface area contributed by atoms with Gasteiger partial charge in [0, 0.05) is 17.6 Å². The van der Waals surface area contributed by atoms with Gasteiger partial charge in [-0.15, -0.1) is 0 Å². The largest absolute Gasteiger partial charge is 0.493 e. The number of carbonyl (C=O) groups excluding carboxylic acids is 1. The molecule has 0 aliphatic heterocycles. The summed E-state index contributed by atoms with van der Waals surface area (Å²) in [5, 5.41) is 0. The van der Waals surface area contributed by atoms with E-state index in [0.29, 0.717) is 22.8 Å². The first-order chi connectivity index (χ1) is 13.0. The summed E-state index contributed by atoms with van der Waals surface area (Å²) in [6.45, 7) is 2.84. The van der Waals surface area contributed by atoms with Gasteiger partial charge in [0.25, 0.3) is 5.91 Å². The van der Waals surface area contributed by atoms with Crippen LogP contribution in [0.15, 0.2) is 12.1 Å². The fraction of sp³-hybridized carbons (Fsp3) is 0.682. The zero-order chi connectivity index (χ0) is 19.2. The van der Waals surface area contributed by atoms with E-state index in [1.54, 1.807) is 33.5 Å². The van der Waals surface area contributed by atoms with Crippen molar-refractivity contribution in [3.63, 3.8) is 0 Å². The summed E-state index contributed by atoms with van der Waals surface area (Å²) in [6, 6.07) is 3.57. The Labute approximate surface area is 162 Å². The number of hydrogen-bond donors (Lipinski definition) is 0. The van der Waals surface area contributed by atoms with Crippen LogP contribution < -0.4 is 14.2 Å². The molecule has 4 aliphatic rings. The number of amides is 1. The van der Waals surface area contributed by atoms with Crippen molar-refractivity contribution >= 4 is 5.91 Å². The summed E-state index contributed by atoms with van der Waals surface area (Å²) in [5.41, 5.74) is 0.656. The Kier molecular flexibility index (Phi) is 4.73. The minimum Gasteiger partial charge on any atom is -0.493 e. The average Bonchev–Trinajstić information content (AvgIpc) is 2.65. The van der Waals surface area contributed by atoms with Gasteiger partial charge >= 0.3 is 0 Å². The number of benzene rings is 1. The maximum absolute atomic E-state index is 13.6. The van der Waals surface area contributed by atoms with E-state index in [0.717, 1.165) is 24.3 Å². The van der Waals surface area contributed by atoms with Crippen molar-refractivity contribution in [1.82, 2.24) is 4.90 Å². The monoisotopic (exact) mass is 373 g/mol. The van der Waals surface area contributed by atoms with Gasteiger partial charge < -0.3 is 19.1 Å². The lowest BCUT2D eigenvalue weighted by molar-refractivity contribution is -0.0731. The molecule has 1 aromatic carbocycles. The summed E-state index contributed by atoms with van der Waals surface area (Å²) in [4.78, 5) is 15.8. The maximum atomic E-state index is 13.6. The van der Waals surface area contributed by atoms with Crippen LogP contribution in [-0.2, 0) is 0 Å². The molecule has 0 saturated heterocycles. The van der Waals surface area contributed by atoms with E-state index in [1.807, 2.05) is 0 Å². The first-order valence-electron chi connectivity index (χ1n) is 10.2. The number of methoxy groups -OCH3 is 3. The van der Waals surface area contributed by atoms with Crippen molar-refractivity contribution in [3.05, 3.63) is 17.7 Å². The molecule has 4 fully saturated rings. The molecule has 0 atom stereocenters. The van der Waals surface area contributed by atoms with Gasteiger partial charge in [0.05, 0.1) is 21.3 Å². The molecule has 0 spiro atoms. The summed E-state index contributed by atoms with van der Waals surface area (Å²) in [7, 11) is 4.75. The first kappa shape index (κ1) is 18.5. The van der Waals surface area contributed by atoms with Crippen molar-refractivity contribution in [2.24, 2.45) is 17.8 Å². The molecule has 4 bridgehead atoms. The molecule has 5 nitrogen and oxygen atoms in total. The molecule has 0 aromatic heterocycles. The molecule has 0 radical (unpaired) electrons. The molecular formula is C22H31NO4. The summed E-state index contributed by atoms with van der Waals surface area (Å²) in [5.74, 6) is 4.07. The summed E-state index contributed by atoms with van der Waals surface area (Å²) in [6.07, 6.45) is 7.62. The van der Waals surface area contributed by atoms with Crippen molar-refractivity contribution in [3.8, 4) is 17.2 Å². The third kappa shape index (κ3) is 2.95. The maximum Gasteiger partial charge on any atom is 0.254 e. The molecule has 148 valence electrons. The van der Waals surface area contributed by atoms with E-state index >= 15 is 0 Å². The first-order valence-corrected chi connectivity index (χ1v) is 10.2. The Balaban J connectivity index is 1.69. The minimum atomic E-state index is 0.0426. The lowest BCUT2D eigenvalue weighted by Gasteiger charge is -2.60. The van der Waals surface area contributed by atoms with Gasteiger partial charge in [-0.1, -0.05) is 0 Å². The Bertz CT molecular complexity index is 669. The van der Waals surface area contributed by atoms with Crippen LogP contribution in [0.1, 0.15) is 55.8 Å². The van der Waals surface area contributed by atoms with Gasteiger partial charge in [0.1, 0.15) is 0 Å². The van der Waals surface area contributed by atoms with Crippen LogP contribution >= 0.6 is 0 Å². The predicted octanol–water partition coefficient (Wildman–Crippen LogP) is 4.14. The number of carbonyl (C=O) groups is 1.